The first-order valence-corrected chi connectivity index (χ1v) is 6.93. The molecule has 0 saturated heterocycles. The summed E-state index contributed by atoms with van der Waals surface area (Å²) in [5.41, 5.74) is 0. The Morgan fingerprint density at radius 3 is 2.76 bits per heavy atom. The topological polar surface area (TPSA) is 37.8 Å². The molecule has 1 aliphatic carbocycles. The van der Waals surface area contributed by atoms with Crippen molar-refractivity contribution in [2.45, 2.75) is 38.5 Å². The van der Waals surface area contributed by atoms with Gasteiger partial charge in [-0.05, 0) is 23.9 Å². The maximum absolute atomic E-state index is 5.97. The van der Waals surface area contributed by atoms with Gasteiger partial charge in [0.15, 0.2) is 0 Å². The molecule has 3 nitrogen and oxygen atoms in total. The lowest BCUT2D eigenvalue weighted by atomic mass is 9.87. The van der Waals surface area contributed by atoms with Crippen LogP contribution in [-0.4, -0.2) is 16.5 Å². The molecule has 1 saturated carbocycles. The lowest BCUT2D eigenvalue weighted by molar-refractivity contribution is 0.345. The number of nitrogens with zero attached hydrogens (tertiary/aromatic N) is 2. The molecule has 17 heavy (non-hydrogen) atoms. The third kappa shape index (κ3) is 4.00. The number of rotatable bonds is 4. The van der Waals surface area contributed by atoms with Crippen molar-refractivity contribution in [1.29, 1.82) is 0 Å². The first kappa shape index (κ1) is 12.9. The average Bonchev–Trinajstić information content (AvgIpc) is 2.35. The predicted molar refractivity (Wildman–Crippen MR) is 71.7 cm³/mol. The molecule has 1 aliphatic rings. The summed E-state index contributed by atoms with van der Waals surface area (Å²) in [4.78, 5) is 7.89. The van der Waals surface area contributed by atoms with E-state index in [1.54, 1.807) is 0 Å². The summed E-state index contributed by atoms with van der Waals surface area (Å²) in [7, 11) is 0. The Balaban J connectivity index is 1.79. The van der Waals surface area contributed by atoms with Crippen LogP contribution in [0.4, 0.5) is 5.82 Å². The molecule has 1 fully saturated rings. The molecule has 1 heterocycles. The van der Waals surface area contributed by atoms with Crippen LogP contribution in [0.5, 0.6) is 0 Å². The standard InChI is InChI=1S/C12H17Cl2N3/c13-10-8-16-12(14)17-11(10)15-7-6-9-4-2-1-3-5-9/h8-9H,1-7H2,(H,15,16,17). The van der Waals surface area contributed by atoms with E-state index in [1.165, 1.54) is 44.7 Å². The van der Waals surface area contributed by atoms with Crippen molar-refractivity contribution in [2.75, 3.05) is 11.9 Å². The van der Waals surface area contributed by atoms with Gasteiger partial charge in [-0.3, -0.25) is 0 Å². The Kier molecular flexibility index (Phi) is 4.86. The van der Waals surface area contributed by atoms with Crippen LogP contribution in [0, 0.1) is 5.92 Å². The smallest absolute Gasteiger partial charge is 0.224 e. The van der Waals surface area contributed by atoms with E-state index in [4.69, 9.17) is 23.2 Å². The van der Waals surface area contributed by atoms with Crippen LogP contribution in [0.3, 0.4) is 0 Å². The molecule has 0 bridgehead atoms. The third-order valence-electron chi connectivity index (χ3n) is 3.28. The van der Waals surface area contributed by atoms with Crippen molar-refractivity contribution in [3.05, 3.63) is 16.5 Å². The number of hydrogen-bond acceptors (Lipinski definition) is 3. The van der Waals surface area contributed by atoms with Gasteiger partial charge in [0.25, 0.3) is 0 Å². The van der Waals surface area contributed by atoms with Gasteiger partial charge in [-0.25, -0.2) is 4.98 Å². The first-order valence-electron chi connectivity index (χ1n) is 6.17. The zero-order valence-corrected chi connectivity index (χ0v) is 11.3. The van der Waals surface area contributed by atoms with E-state index in [9.17, 15) is 0 Å². The molecule has 0 spiro atoms. The molecule has 1 aromatic heterocycles. The summed E-state index contributed by atoms with van der Waals surface area (Å²) >= 11 is 11.7. The van der Waals surface area contributed by atoms with Crippen LogP contribution in [0.25, 0.3) is 0 Å². The molecule has 0 aliphatic heterocycles. The third-order valence-corrected chi connectivity index (χ3v) is 3.74. The molecule has 1 N–H and O–H groups in total. The highest BCUT2D eigenvalue weighted by Gasteiger charge is 2.13. The van der Waals surface area contributed by atoms with Crippen molar-refractivity contribution >= 4 is 29.0 Å². The van der Waals surface area contributed by atoms with Crippen molar-refractivity contribution in [2.24, 2.45) is 5.92 Å². The summed E-state index contributed by atoms with van der Waals surface area (Å²) in [6, 6.07) is 0. The number of aromatic nitrogens is 2. The minimum atomic E-state index is 0.231. The van der Waals surface area contributed by atoms with E-state index < -0.39 is 0 Å². The number of nitrogens with one attached hydrogen (secondary N) is 1. The van der Waals surface area contributed by atoms with Crippen LogP contribution in [-0.2, 0) is 0 Å². The summed E-state index contributed by atoms with van der Waals surface area (Å²) in [6.07, 6.45) is 9.59. The fraction of sp³-hybridized carbons (Fsp3) is 0.667. The zero-order chi connectivity index (χ0) is 12.1. The van der Waals surface area contributed by atoms with Gasteiger partial charge in [-0.15, -0.1) is 0 Å². The van der Waals surface area contributed by atoms with Crippen LogP contribution in [0.15, 0.2) is 6.20 Å². The molecular weight excluding hydrogens is 257 g/mol. The fourth-order valence-electron chi connectivity index (χ4n) is 2.34. The van der Waals surface area contributed by atoms with Gasteiger partial charge in [-0.1, -0.05) is 43.7 Å². The molecule has 0 atom stereocenters. The SMILES string of the molecule is Clc1ncc(Cl)c(NCCC2CCCCC2)n1. The lowest BCUT2D eigenvalue weighted by Crippen LogP contribution is -2.13. The first-order chi connectivity index (χ1) is 8.25. The van der Waals surface area contributed by atoms with Crippen molar-refractivity contribution < 1.29 is 0 Å². The second-order valence-corrected chi connectivity index (χ2v) is 5.30. The van der Waals surface area contributed by atoms with Crippen molar-refractivity contribution in [3.63, 3.8) is 0 Å². The minimum absolute atomic E-state index is 0.231. The molecule has 0 amide bonds. The van der Waals surface area contributed by atoms with E-state index in [2.05, 4.69) is 15.3 Å². The summed E-state index contributed by atoms with van der Waals surface area (Å²) in [5.74, 6) is 1.50. The number of halogens is 2. The Hall–Kier alpha value is -0.540. The van der Waals surface area contributed by atoms with Crippen LogP contribution >= 0.6 is 23.2 Å². The molecule has 0 radical (unpaired) electrons. The van der Waals surface area contributed by atoms with Gasteiger partial charge >= 0.3 is 0 Å². The highest BCUT2D eigenvalue weighted by atomic mass is 35.5. The molecule has 1 aromatic rings. The van der Waals surface area contributed by atoms with Crippen molar-refractivity contribution in [3.8, 4) is 0 Å². The van der Waals surface area contributed by atoms with Crippen LogP contribution in [0.2, 0.25) is 10.3 Å². The molecular formula is C12H17Cl2N3. The highest BCUT2D eigenvalue weighted by Crippen LogP contribution is 2.26. The molecule has 0 unspecified atom stereocenters. The van der Waals surface area contributed by atoms with E-state index in [-0.39, 0.29) is 5.28 Å². The second-order valence-electron chi connectivity index (χ2n) is 4.56. The normalized spacial score (nSPS) is 17.1. The van der Waals surface area contributed by atoms with Gasteiger partial charge in [-0.2, -0.15) is 4.98 Å². The molecule has 0 aromatic carbocycles. The quantitative estimate of drug-likeness (QED) is 0.837. The fourth-order valence-corrected chi connectivity index (χ4v) is 2.63. The summed E-state index contributed by atoms with van der Waals surface area (Å²) in [5, 5.41) is 3.99. The van der Waals surface area contributed by atoms with E-state index in [0.717, 1.165) is 12.5 Å². The Bertz CT molecular complexity index is 365. The number of anilines is 1. The van der Waals surface area contributed by atoms with Gasteiger partial charge in [0, 0.05) is 6.54 Å². The molecule has 2 rings (SSSR count). The molecule has 94 valence electrons. The maximum Gasteiger partial charge on any atom is 0.224 e. The Morgan fingerprint density at radius 1 is 1.24 bits per heavy atom. The minimum Gasteiger partial charge on any atom is -0.369 e. The van der Waals surface area contributed by atoms with E-state index in [1.807, 2.05) is 0 Å². The van der Waals surface area contributed by atoms with Gasteiger partial charge < -0.3 is 5.32 Å². The maximum atomic E-state index is 5.97. The van der Waals surface area contributed by atoms with E-state index in [0.29, 0.717) is 10.8 Å². The van der Waals surface area contributed by atoms with Gasteiger partial charge in [0.05, 0.1) is 6.20 Å². The monoisotopic (exact) mass is 273 g/mol. The van der Waals surface area contributed by atoms with Crippen molar-refractivity contribution in [1.82, 2.24) is 9.97 Å². The zero-order valence-electron chi connectivity index (χ0n) is 9.75. The summed E-state index contributed by atoms with van der Waals surface area (Å²) in [6.45, 7) is 0.901. The average molecular weight is 274 g/mol. The van der Waals surface area contributed by atoms with Gasteiger partial charge in [0.2, 0.25) is 5.28 Å². The van der Waals surface area contributed by atoms with Crippen LogP contribution < -0.4 is 5.32 Å². The van der Waals surface area contributed by atoms with E-state index >= 15 is 0 Å². The largest absolute Gasteiger partial charge is 0.369 e. The molecule has 5 heteroatoms. The Labute approximate surface area is 112 Å². The van der Waals surface area contributed by atoms with Gasteiger partial charge in [0.1, 0.15) is 10.8 Å². The second kappa shape index (κ2) is 6.41. The summed E-state index contributed by atoms with van der Waals surface area (Å²) < 4.78 is 0. The Morgan fingerprint density at radius 2 is 2.00 bits per heavy atom. The number of hydrogen-bond donors (Lipinski definition) is 1. The predicted octanol–water partition coefficient (Wildman–Crippen LogP) is 4.17. The lowest BCUT2D eigenvalue weighted by Gasteiger charge is -2.21. The van der Waals surface area contributed by atoms with Crippen LogP contribution in [0.1, 0.15) is 38.5 Å². The highest BCUT2D eigenvalue weighted by molar-refractivity contribution is 6.33.